The molecule has 0 N–H and O–H groups in total. The van der Waals surface area contributed by atoms with Gasteiger partial charge in [0.1, 0.15) is 16.4 Å². The van der Waals surface area contributed by atoms with Gasteiger partial charge in [0.15, 0.2) is 5.65 Å². The maximum Gasteiger partial charge on any atom is 0.164 e. The van der Waals surface area contributed by atoms with Gasteiger partial charge in [0.05, 0.1) is 18.8 Å². The molecule has 2 aromatic rings. The van der Waals surface area contributed by atoms with E-state index in [-0.39, 0.29) is 0 Å². The molecule has 0 saturated heterocycles. The van der Waals surface area contributed by atoms with Crippen molar-refractivity contribution < 1.29 is 0 Å². The highest BCUT2D eigenvalue weighted by atomic mass is 79.9. The predicted octanol–water partition coefficient (Wildman–Crippen LogP) is 1.50. The zero-order valence-electron chi connectivity index (χ0n) is 7.18. The zero-order chi connectivity index (χ0) is 9.97. The summed E-state index contributed by atoms with van der Waals surface area (Å²) in [7, 11) is 0. The van der Waals surface area contributed by atoms with Crippen molar-refractivity contribution in [3.05, 3.63) is 17.3 Å². The van der Waals surface area contributed by atoms with Gasteiger partial charge in [-0.1, -0.05) is 0 Å². The Morgan fingerprint density at radius 2 is 2.29 bits per heavy atom. The summed E-state index contributed by atoms with van der Waals surface area (Å²) in [5, 5.41) is 8.47. The summed E-state index contributed by atoms with van der Waals surface area (Å²) < 4.78 is 2.52. The maximum atomic E-state index is 8.47. The van der Waals surface area contributed by atoms with Crippen molar-refractivity contribution in [1.29, 1.82) is 5.26 Å². The van der Waals surface area contributed by atoms with E-state index in [0.29, 0.717) is 17.6 Å². The van der Waals surface area contributed by atoms with E-state index in [4.69, 9.17) is 5.26 Å². The second kappa shape index (κ2) is 3.72. The highest BCUT2D eigenvalue weighted by Gasteiger charge is 2.06. The van der Waals surface area contributed by atoms with Crippen LogP contribution in [-0.2, 0) is 6.54 Å². The second-order valence-corrected chi connectivity index (χ2v) is 3.43. The molecule has 2 rings (SSSR count). The Hall–Kier alpha value is -1.48. The molecule has 0 bridgehead atoms. The van der Waals surface area contributed by atoms with Crippen LogP contribution >= 0.6 is 15.9 Å². The number of aromatic nitrogens is 4. The molecule has 2 aromatic heterocycles. The fourth-order valence-electron chi connectivity index (χ4n) is 1.19. The molecule has 0 aliphatic rings. The second-order valence-electron chi connectivity index (χ2n) is 2.68. The van der Waals surface area contributed by atoms with E-state index in [1.807, 2.05) is 4.57 Å². The summed E-state index contributed by atoms with van der Waals surface area (Å²) in [6.07, 6.45) is 3.59. The SMILES string of the molecule is N#CCCn1cnc2c(Br)ncnc21. The average Bonchev–Trinajstić information content (AvgIpc) is 2.60. The Labute approximate surface area is 88.5 Å². The van der Waals surface area contributed by atoms with Crippen LogP contribution in [0, 0.1) is 11.3 Å². The summed E-state index contributed by atoms with van der Waals surface area (Å²) in [6, 6.07) is 2.08. The largest absolute Gasteiger partial charge is 0.314 e. The van der Waals surface area contributed by atoms with Crippen LogP contribution in [0.15, 0.2) is 17.3 Å². The van der Waals surface area contributed by atoms with Gasteiger partial charge in [-0.3, -0.25) is 0 Å². The normalized spacial score (nSPS) is 10.3. The lowest BCUT2D eigenvalue weighted by atomic mass is 10.4. The van der Waals surface area contributed by atoms with Crippen molar-refractivity contribution in [3.8, 4) is 6.07 Å². The molecule has 0 radical (unpaired) electrons. The number of imidazole rings is 1. The van der Waals surface area contributed by atoms with Crippen molar-refractivity contribution >= 4 is 27.1 Å². The molecule has 0 fully saturated rings. The fourth-order valence-corrected chi connectivity index (χ4v) is 1.56. The average molecular weight is 252 g/mol. The first-order valence-electron chi connectivity index (χ1n) is 4.01. The van der Waals surface area contributed by atoms with Gasteiger partial charge in [-0.15, -0.1) is 0 Å². The topological polar surface area (TPSA) is 67.4 Å². The standard InChI is InChI=1S/C8H6BrN5/c9-7-6-8(12-4-11-7)14(5-13-6)3-1-2-10/h4-5H,1,3H2. The van der Waals surface area contributed by atoms with Crippen LogP contribution in [0.25, 0.3) is 11.2 Å². The quantitative estimate of drug-likeness (QED) is 0.759. The molecule has 5 nitrogen and oxygen atoms in total. The van der Waals surface area contributed by atoms with E-state index in [1.165, 1.54) is 6.33 Å². The molecule has 0 aromatic carbocycles. The number of nitriles is 1. The van der Waals surface area contributed by atoms with Gasteiger partial charge < -0.3 is 4.57 Å². The third-order valence-electron chi connectivity index (χ3n) is 1.82. The molecule has 0 aliphatic carbocycles. The zero-order valence-corrected chi connectivity index (χ0v) is 8.77. The molecule has 0 atom stereocenters. The molecular formula is C8H6BrN5. The molecule has 14 heavy (non-hydrogen) atoms. The summed E-state index contributed by atoms with van der Waals surface area (Å²) in [5.41, 5.74) is 1.48. The molecule has 2 heterocycles. The van der Waals surface area contributed by atoms with Crippen LogP contribution in [0.5, 0.6) is 0 Å². The fraction of sp³-hybridized carbons (Fsp3) is 0.250. The van der Waals surface area contributed by atoms with Gasteiger partial charge in [-0.2, -0.15) is 5.26 Å². The van der Waals surface area contributed by atoms with Crippen molar-refractivity contribution in [2.75, 3.05) is 0 Å². The van der Waals surface area contributed by atoms with E-state index in [9.17, 15) is 0 Å². The number of hydrogen-bond donors (Lipinski definition) is 0. The monoisotopic (exact) mass is 251 g/mol. The first kappa shape index (κ1) is 9.09. The third kappa shape index (κ3) is 1.46. The lowest BCUT2D eigenvalue weighted by Gasteiger charge is -1.98. The number of fused-ring (bicyclic) bond motifs is 1. The molecule has 0 aliphatic heterocycles. The Morgan fingerprint density at radius 3 is 3.07 bits per heavy atom. The first-order valence-corrected chi connectivity index (χ1v) is 4.80. The molecule has 6 heteroatoms. The van der Waals surface area contributed by atoms with E-state index >= 15 is 0 Å². The van der Waals surface area contributed by atoms with E-state index in [2.05, 4.69) is 37.0 Å². The number of aryl methyl sites for hydroxylation is 1. The Bertz CT molecular complexity index is 498. The molecule has 0 spiro atoms. The minimum Gasteiger partial charge on any atom is -0.314 e. The molecule has 0 amide bonds. The van der Waals surface area contributed by atoms with Gasteiger partial charge >= 0.3 is 0 Å². The molecule has 0 unspecified atom stereocenters. The van der Waals surface area contributed by atoms with Crippen molar-refractivity contribution in [2.45, 2.75) is 13.0 Å². The van der Waals surface area contributed by atoms with Gasteiger partial charge in [-0.25, -0.2) is 15.0 Å². The van der Waals surface area contributed by atoms with Crippen LogP contribution in [0.2, 0.25) is 0 Å². The van der Waals surface area contributed by atoms with Crippen LogP contribution in [0.4, 0.5) is 0 Å². The molecule has 0 saturated carbocycles. The van der Waals surface area contributed by atoms with Gasteiger partial charge in [0.2, 0.25) is 0 Å². The van der Waals surface area contributed by atoms with Crippen LogP contribution in [0.3, 0.4) is 0 Å². The van der Waals surface area contributed by atoms with Gasteiger partial charge in [-0.05, 0) is 15.9 Å². The van der Waals surface area contributed by atoms with E-state index in [0.717, 1.165) is 11.2 Å². The van der Waals surface area contributed by atoms with Crippen LogP contribution < -0.4 is 0 Å². The Balaban J connectivity index is 2.48. The van der Waals surface area contributed by atoms with Gasteiger partial charge in [0.25, 0.3) is 0 Å². The molecular weight excluding hydrogens is 246 g/mol. The van der Waals surface area contributed by atoms with Crippen molar-refractivity contribution in [1.82, 2.24) is 19.5 Å². The minimum atomic E-state index is 0.451. The summed E-state index contributed by atoms with van der Waals surface area (Å²) in [5.74, 6) is 0. The number of rotatable bonds is 2. The number of halogens is 1. The highest BCUT2D eigenvalue weighted by molar-refractivity contribution is 9.10. The van der Waals surface area contributed by atoms with Crippen LogP contribution in [-0.4, -0.2) is 19.5 Å². The summed E-state index contributed by atoms with van der Waals surface area (Å²) in [6.45, 7) is 0.608. The van der Waals surface area contributed by atoms with Crippen LogP contribution in [0.1, 0.15) is 6.42 Å². The number of nitrogens with zero attached hydrogens (tertiary/aromatic N) is 5. The highest BCUT2D eigenvalue weighted by Crippen LogP contribution is 2.17. The predicted molar refractivity (Wildman–Crippen MR) is 53.3 cm³/mol. The Morgan fingerprint density at radius 1 is 1.43 bits per heavy atom. The maximum absolute atomic E-state index is 8.47. The van der Waals surface area contributed by atoms with E-state index in [1.54, 1.807) is 6.33 Å². The minimum absolute atomic E-state index is 0.451. The summed E-state index contributed by atoms with van der Waals surface area (Å²) in [4.78, 5) is 12.2. The third-order valence-corrected chi connectivity index (χ3v) is 2.40. The first-order chi connectivity index (χ1) is 6.83. The van der Waals surface area contributed by atoms with Crippen molar-refractivity contribution in [3.63, 3.8) is 0 Å². The lowest BCUT2D eigenvalue weighted by Crippen LogP contribution is -1.96. The lowest BCUT2D eigenvalue weighted by molar-refractivity contribution is 0.729. The van der Waals surface area contributed by atoms with Gasteiger partial charge in [0, 0.05) is 6.54 Å². The van der Waals surface area contributed by atoms with E-state index < -0.39 is 0 Å². The molecule has 70 valence electrons. The Kier molecular flexibility index (Phi) is 2.41. The van der Waals surface area contributed by atoms with Crippen molar-refractivity contribution in [2.24, 2.45) is 0 Å². The smallest absolute Gasteiger partial charge is 0.164 e. The summed E-state index contributed by atoms with van der Waals surface area (Å²) >= 11 is 3.29. The number of hydrogen-bond acceptors (Lipinski definition) is 4.